The topological polar surface area (TPSA) is 81.6 Å². The van der Waals surface area contributed by atoms with Gasteiger partial charge in [-0.1, -0.05) is 6.07 Å². The van der Waals surface area contributed by atoms with Crippen LogP contribution in [0.2, 0.25) is 0 Å². The first kappa shape index (κ1) is 14.7. The predicted octanol–water partition coefficient (Wildman–Crippen LogP) is 1.25. The van der Waals surface area contributed by atoms with Crippen molar-refractivity contribution in [2.24, 2.45) is 5.73 Å². The maximum atomic E-state index is 10.9. The summed E-state index contributed by atoms with van der Waals surface area (Å²) in [7, 11) is 1.68. The van der Waals surface area contributed by atoms with E-state index in [2.05, 4.69) is 11.0 Å². The summed E-state index contributed by atoms with van der Waals surface area (Å²) in [6.07, 6.45) is 2.01. The van der Waals surface area contributed by atoms with Crippen LogP contribution in [-0.4, -0.2) is 37.6 Å². The van der Waals surface area contributed by atoms with E-state index in [-0.39, 0.29) is 5.91 Å². The summed E-state index contributed by atoms with van der Waals surface area (Å²) in [6, 6.07) is 4.03. The van der Waals surface area contributed by atoms with E-state index in [0.29, 0.717) is 12.5 Å². The predicted molar refractivity (Wildman–Crippen MR) is 79.8 cm³/mol. The second-order valence-electron chi connectivity index (χ2n) is 5.47. The summed E-state index contributed by atoms with van der Waals surface area (Å²) >= 11 is 0. The van der Waals surface area contributed by atoms with Crippen molar-refractivity contribution >= 4 is 11.6 Å². The normalized spacial score (nSPS) is 17.1. The summed E-state index contributed by atoms with van der Waals surface area (Å²) in [5, 5.41) is 0. The van der Waals surface area contributed by atoms with Crippen LogP contribution in [0.25, 0.3) is 0 Å². The molecule has 1 heterocycles. The molecule has 1 amide bonds. The van der Waals surface area contributed by atoms with Crippen molar-refractivity contribution in [2.45, 2.75) is 25.7 Å². The smallest absolute Gasteiger partial charge is 0.231 e. The second-order valence-corrected chi connectivity index (χ2v) is 5.47. The van der Waals surface area contributed by atoms with Gasteiger partial charge < -0.3 is 16.2 Å². The molecule has 0 spiro atoms. The standard InChI is InChI=1S/C15H23N3O2/c1-10-7-12(14(20-2)8-13(10)16)11-3-5-18(6-4-11)9-15(17)19/h7-8,11H,3-6,9,16H2,1-2H3,(H2,17,19). The van der Waals surface area contributed by atoms with Crippen LogP contribution >= 0.6 is 0 Å². The molecule has 5 nitrogen and oxygen atoms in total. The van der Waals surface area contributed by atoms with Gasteiger partial charge in [0.05, 0.1) is 13.7 Å². The molecular formula is C15H23N3O2. The number of anilines is 1. The summed E-state index contributed by atoms with van der Waals surface area (Å²) in [5.41, 5.74) is 14.2. The Morgan fingerprint density at radius 1 is 1.40 bits per heavy atom. The van der Waals surface area contributed by atoms with Gasteiger partial charge in [0.25, 0.3) is 0 Å². The highest BCUT2D eigenvalue weighted by atomic mass is 16.5. The Morgan fingerprint density at radius 2 is 2.05 bits per heavy atom. The van der Waals surface area contributed by atoms with Crippen LogP contribution in [-0.2, 0) is 4.79 Å². The lowest BCUT2D eigenvalue weighted by Gasteiger charge is -2.32. The van der Waals surface area contributed by atoms with Gasteiger partial charge in [0.2, 0.25) is 5.91 Å². The molecule has 1 aliphatic heterocycles. The van der Waals surface area contributed by atoms with Gasteiger partial charge in [-0.05, 0) is 49.9 Å². The minimum absolute atomic E-state index is 0.260. The lowest BCUT2D eigenvalue weighted by molar-refractivity contribution is -0.119. The van der Waals surface area contributed by atoms with Crippen LogP contribution in [0.3, 0.4) is 0 Å². The average molecular weight is 277 g/mol. The molecule has 1 aliphatic rings. The quantitative estimate of drug-likeness (QED) is 0.812. The number of primary amides is 1. The van der Waals surface area contributed by atoms with Crippen molar-refractivity contribution in [2.75, 3.05) is 32.5 Å². The SMILES string of the molecule is COc1cc(N)c(C)cc1C1CCN(CC(N)=O)CC1. The van der Waals surface area contributed by atoms with Crippen LogP contribution in [0.15, 0.2) is 12.1 Å². The van der Waals surface area contributed by atoms with Crippen molar-refractivity contribution in [1.29, 1.82) is 0 Å². The molecule has 110 valence electrons. The van der Waals surface area contributed by atoms with Crippen LogP contribution in [0.4, 0.5) is 5.69 Å². The monoisotopic (exact) mass is 277 g/mol. The number of nitrogens with two attached hydrogens (primary N) is 2. The molecule has 0 bridgehead atoms. The van der Waals surface area contributed by atoms with Gasteiger partial charge in [0.15, 0.2) is 0 Å². The zero-order chi connectivity index (χ0) is 14.7. The Hall–Kier alpha value is -1.75. The van der Waals surface area contributed by atoms with Crippen molar-refractivity contribution < 1.29 is 9.53 Å². The molecule has 20 heavy (non-hydrogen) atoms. The Balaban J connectivity index is 2.10. The molecular weight excluding hydrogens is 254 g/mol. The number of carbonyl (C=O) groups excluding carboxylic acids is 1. The Bertz CT molecular complexity index is 494. The van der Waals surface area contributed by atoms with E-state index in [1.165, 1.54) is 5.56 Å². The number of likely N-dealkylation sites (tertiary alicyclic amines) is 1. The van der Waals surface area contributed by atoms with Crippen LogP contribution in [0.5, 0.6) is 5.75 Å². The van der Waals surface area contributed by atoms with E-state index in [1.54, 1.807) is 7.11 Å². The number of ether oxygens (including phenoxy) is 1. The van der Waals surface area contributed by atoms with Crippen molar-refractivity contribution in [3.8, 4) is 5.75 Å². The third kappa shape index (κ3) is 3.22. The highest BCUT2D eigenvalue weighted by molar-refractivity contribution is 5.75. The molecule has 0 saturated carbocycles. The van der Waals surface area contributed by atoms with Crippen LogP contribution in [0, 0.1) is 6.92 Å². The van der Waals surface area contributed by atoms with Crippen molar-refractivity contribution in [1.82, 2.24) is 4.90 Å². The average Bonchev–Trinajstić information content (AvgIpc) is 2.41. The fourth-order valence-electron chi connectivity index (χ4n) is 2.84. The van der Waals surface area contributed by atoms with Gasteiger partial charge in [-0.15, -0.1) is 0 Å². The summed E-state index contributed by atoms with van der Waals surface area (Å²) < 4.78 is 5.46. The number of methoxy groups -OCH3 is 1. The minimum Gasteiger partial charge on any atom is -0.496 e. The fourth-order valence-corrected chi connectivity index (χ4v) is 2.84. The Kier molecular flexibility index (Phi) is 4.49. The second kappa shape index (κ2) is 6.13. The first-order valence-corrected chi connectivity index (χ1v) is 6.96. The number of hydrogen-bond acceptors (Lipinski definition) is 4. The molecule has 2 rings (SSSR count). The van der Waals surface area contributed by atoms with Crippen molar-refractivity contribution in [3.05, 3.63) is 23.3 Å². The molecule has 1 fully saturated rings. The van der Waals surface area contributed by atoms with Gasteiger partial charge in [-0.3, -0.25) is 9.69 Å². The molecule has 1 aromatic rings. The van der Waals surface area contributed by atoms with Crippen LogP contribution in [0.1, 0.15) is 29.9 Å². The van der Waals surface area contributed by atoms with E-state index >= 15 is 0 Å². The van der Waals surface area contributed by atoms with Gasteiger partial charge in [0.1, 0.15) is 5.75 Å². The fraction of sp³-hybridized carbons (Fsp3) is 0.533. The largest absolute Gasteiger partial charge is 0.496 e. The Labute approximate surface area is 119 Å². The lowest BCUT2D eigenvalue weighted by Crippen LogP contribution is -2.39. The van der Waals surface area contributed by atoms with Crippen LogP contribution < -0.4 is 16.2 Å². The summed E-state index contributed by atoms with van der Waals surface area (Å²) in [4.78, 5) is 13.1. The molecule has 0 aliphatic carbocycles. The third-order valence-corrected chi connectivity index (χ3v) is 4.03. The lowest BCUT2D eigenvalue weighted by atomic mass is 9.87. The number of piperidine rings is 1. The van der Waals surface area contributed by atoms with Gasteiger partial charge in [-0.25, -0.2) is 0 Å². The highest BCUT2D eigenvalue weighted by Crippen LogP contribution is 2.36. The molecule has 4 N–H and O–H groups in total. The van der Waals surface area contributed by atoms with E-state index in [0.717, 1.165) is 42.9 Å². The van der Waals surface area contributed by atoms with E-state index in [4.69, 9.17) is 16.2 Å². The molecule has 1 aromatic carbocycles. The zero-order valence-electron chi connectivity index (χ0n) is 12.2. The summed E-state index contributed by atoms with van der Waals surface area (Å²) in [6.45, 7) is 4.14. The number of benzene rings is 1. The number of carbonyl (C=O) groups is 1. The summed E-state index contributed by atoms with van der Waals surface area (Å²) in [5.74, 6) is 1.05. The number of rotatable bonds is 4. The number of amides is 1. The van der Waals surface area contributed by atoms with Gasteiger partial charge in [0, 0.05) is 11.8 Å². The van der Waals surface area contributed by atoms with E-state index in [1.807, 2.05) is 13.0 Å². The third-order valence-electron chi connectivity index (χ3n) is 4.03. The first-order chi connectivity index (χ1) is 9.51. The number of nitrogen functional groups attached to an aromatic ring is 1. The first-order valence-electron chi connectivity index (χ1n) is 6.96. The van der Waals surface area contributed by atoms with E-state index in [9.17, 15) is 4.79 Å². The maximum Gasteiger partial charge on any atom is 0.231 e. The maximum absolute atomic E-state index is 10.9. The molecule has 5 heteroatoms. The molecule has 0 radical (unpaired) electrons. The molecule has 1 saturated heterocycles. The van der Waals surface area contributed by atoms with Crippen molar-refractivity contribution in [3.63, 3.8) is 0 Å². The Morgan fingerprint density at radius 3 is 2.60 bits per heavy atom. The molecule has 0 unspecified atom stereocenters. The number of nitrogens with zero attached hydrogens (tertiary/aromatic N) is 1. The minimum atomic E-state index is -0.260. The number of hydrogen-bond donors (Lipinski definition) is 2. The van der Waals surface area contributed by atoms with Gasteiger partial charge >= 0.3 is 0 Å². The zero-order valence-corrected chi connectivity index (χ0v) is 12.2. The molecule has 0 atom stereocenters. The number of aryl methyl sites for hydroxylation is 1. The van der Waals surface area contributed by atoms with Gasteiger partial charge in [-0.2, -0.15) is 0 Å². The molecule has 0 aromatic heterocycles. The van der Waals surface area contributed by atoms with E-state index < -0.39 is 0 Å². The highest BCUT2D eigenvalue weighted by Gasteiger charge is 2.24.